The minimum Gasteiger partial charge on any atom is -0.481 e. The number of carbonyl (C=O) groups excluding carboxylic acids is 1. The highest BCUT2D eigenvalue weighted by molar-refractivity contribution is 7.99. The van der Waals surface area contributed by atoms with Gasteiger partial charge in [0.15, 0.2) is 0 Å². The van der Waals surface area contributed by atoms with Crippen molar-refractivity contribution in [2.45, 2.75) is 38.1 Å². The summed E-state index contributed by atoms with van der Waals surface area (Å²) >= 11 is 1.45. The van der Waals surface area contributed by atoms with Gasteiger partial charge in [0, 0.05) is 0 Å². The quantitative estimate of drug-likeness (QED) is 0.787. The molecule has 0 saturated heterocycles. The van der Waals surface area contributed by atoms with Crippen LogP contribution in [0.15, 0.2) is 0 Å². The summed E-state index contributed by atoms with van der Waals surface area (Å²) in [4.78, 5) is 22.7. The third kappa shape index (κ3) is 3.14. The largest absolute Gasteiger partial charge is 0.481 e. The summed E-state index contributed by atoms with van der Waals surface area (Å²) < 4.78 is 0. The van der Waals surface area contributed by atoms with Crippen molar-refractivity contribution in [3.63, 3.8) is 0 Å². The van der Waals surface area contributed by atoms with Gasteiger partial charge in [0.1, 0.15) is 0 Å². The zero-order valence-electron chi connectivity index (χ0n) is 9.78. The SMILES string of the molecule is CSCC(=O)NC1(C)CCCCC1C(=O)O. The smallest absolute Gasteiger partial charge is 0.308 e. The zero-order valence-corrected chi connectivity index (χ0v) is 10.6. The Bertz CT molecular complexity index is 282. The molecule has 1 aliphatic carbocycles. The van der Waals surface area contributed by atoms with Crippen LogP contribution >= 0.6 is 11.8 Å². The average molecular weight is 245 g/mol. The van der Waals surface area contributed by atoms with Crippen LogP contribution in [0.3, 0.4) is 0 Å². The van der Waals surface area contributed by atoms with Crippen LogP contribution < -0.4 is 5.32 Å². The molecule has 16 heavy (non-hydrogen) atoms. The number of carbonyl (C=O) groups is 2. The van der Waals surface area contributed by atoms with Crippen molar-refractivity contribution < 1.29 is 14.7 Å². The van der Waals surface area contributed by atoms with E-state index in [-0.39, 0.29) is 5.91 Å². The van der Waals surface area contributed by atoms with E-state index in [1.54, 1.807) is 0 Å². The van der Waals surface area contributed by atoms with E-state index in [9.17, 15) is 9.59 Å². The van der Waals surface area contributed by atoms with Crippen LogP contribution in [0.4, 0.5) is 0 Å². The second-order valence-electron chi connectivity index (χ2n) is 4.54. The van der Waals surface area contributed by atoms with Crippen molar-refractivity contribution in [1.29, 1.82) is 0 Å². The first-order chi connectivity index (χ1) is 7.49. The Morgan fingerprint density at radius 2 is 2.19 bits per heavy atom. The lowest BCUT2D eigenvalue weighted by Crippen LogP contribution is -2.55. The Balaban J connectivity index is 2.70. The number of rotatable bonds is 4. The van der Waals surface area contributed by atoms with E-state index in [0.717, 1.165) is 19.3 Å². The van der Waals surface area contributed by atoms with Crippen LogP contribution in [0.1, 0.15) is 32.6 Å². The molecule has 0 aromatic rings. The highest BCUT2D eigenvalue weighted by Crippen LogP contribution is 2.33. The molecule has 2 unspecified atom stereocenters. The lowest BCUT2D eigenvalue weighted by molar-refractivity contribution is -0.146. The molecule has 5 heteroatoms. The molecule has 1 rings (SSSR count). The molecule has 0 aromatic carbocycles. The Morgan fingerprint density at radius 3 is 2.75 bits per heavy atom. The molecular weight excluding hydrogens is 226 g/mol. The summed E-state index contributed by atoms with van der Waals surface area (Å²) in [5.41, 5.74) is -0.573. The van der Waals surface area contributed by atoms with Crippen molar-refractivity contribution >= 4 is 23.6 Å². The van der Waals surface area contributed by atoms with Gasteiger partial charge in [0.25, 0.3) is 0 Å². The molecule has 0 bridgehead atoms. The van der Waals surface area contributed by atoms with E-state index in [4.69, 9.17) is 5.11 Å². The highest BCUT2D eigenvalue weighted by Gasteiger charge is 2.41. The third-order valence-corrected chi connectivity index (χ3v) is 3.76. The number of carboxylic acid groups (broad SMARTS) is 1. The molecule has 0 radical (unpaired) electrons. The Hall–Kier alpha value is -0.710. The van der Waals surface area contributed by atoms with Crippen molar-refractivity contribution in [3.05, 3.63) is 0 Å². The third-order valence-electron chi connectivity index (χ3n) is 3.21. The van der Waals surface area contributed by atoms with Gasteiger partial charge in [-0.15, -0.1) is 0 Å². The van der Waals surface area contributed by atoms with Crippen molar-refractivity contribution in [2.24, 2.45) is 5.92 Å². The zero-order chi connectivity index (χ0) is 12.2. The number of carboxylic acids is 1. The van der Waals surface area contributed by atoms with E-state index in [2.05, 4.69) is 5.32 Å². The normalized spacial score (nSPS) is 29.8. The Kier molecular flexibility index (Phi) is 4.65. The maximum Gasteiger partial charge on any atom is 0.308 e. The van der Waals surface area contributed by atoms with Gasteiger partial charge in [-0.3, -0.25) is 9.59 Å². The molecule has 0 spiro atoms. The molecule has 0 aromatic heterocycles. The average Bonchev–Trinajstić information content (AvgIpc) is 2.17. The van der Waals surface area contributed by atoms with Crippen LogP contribution in [0.5, 0.6) is 0 Å². The lowest BCUT2D eigenvalue weighted by Gasteiger charge is -2.39. The number of amides is 1. The van der Waals surface area contributed by atoms with Crippen molar-refractivity contribution in [1.82, 2.24) is 5.32 Å². The van der Waals surface area contributed by atoms with E-state index in [1.165, 1.54) is 11.8 Å². The number of aliphatic carboxylic acids is 1. The predicted molar refractivity (Wildman–Crippen MR) is 64.5 cm³/mol. The van der Waals surface area contributed by atoms with Crippen LogP contribution in [0.2, 0.25) is 0 Å². The van der Waals surface area contributed by atoms with E-state index in [1.807, 2.05) is 13.2 Å². The molecular formula is C11H19NO3S. The molecule has 1 aliphatic rings. The first kappa shape index (κ1) is 13.4. The Morgan fingerprint density at radius 1 is 1.50 bits per heavy atom. The maximum atomic E-state index is 11.6. The fourth-order valence-electron chi connectivity index (χ4n) is 2.36. The summed E-state index contributed by atoms with van der Waals surface area (Å²) in [6.45, 7) is 1.85. The van der Waals surface area contributed by atoms with Gasteiger partial charge < -0.3 is 10.4 Å². The molecule has 2 atom stereocenters. The number of hydrogen-bond acceptors (Lipinski definition) is 3. The van der Waals surface area contributed by atoms with Gasteiger partial charge in [0.05, 0.1) is 17.2 Å². The fourth-order valence-corrected chi connectivity index (χ4v) is 2.70. The minimum atomic E-state index is -0.799. The summed E-state index contributed by atoms with van der Waals surface area (Å²) in [6.07, 6.45) is 5.19. The van der Waals surface area contributed by atoms with Crippen molar-refractivity contribution in [2.75, 3.05) is 12.0 Å². The fraction of sp³-hybridized carbons (Fsp3) is 0.818. The second-order valence-corrected chi connectivity index (χ2v) is 5.40. The minimum absolute atomic E-state index is 0.0665. The van der Waals surface area contributed by atoms with Gasteiger partial charge in [-0.1, -0.05) is 12.8 Å². The first-order valence-corrected chi connectivity index (χ1v) is 6.92. The molecule has 92 valence electrons. The highest BCUT2D eigenvalue weighted by atomic mass is 32.2. The molecule has 4 nitrogen and oxygen atoms in total. The molecule has 1 fully saturated rings. The summed E-state index contributed by atoms with van der Waals surface area (Å²) in [5, 5.41) is 12.0. The molecule has 1 amide bonds. The maximum absolute atomic E-state index is 11.6. The predicted octanol–water partition coefficient (Wildman–Crippen LogP) is 1.50. The van der Waals surface area contributed by atoms with Crippen LogP contribution in [-0.4, -0.2) is 34.5 Å². The number of hydrogen-bond donors (Lipinski definition) is 2. The first-order valence-electron chi connectivity index (χ1n) is 5.52. The van der Waals surface area contributed by atoms with Crippen LogP contribution in [0.25, 0.3) is 0 Å². The summed E-state index contributed by atoms with van der Waals surface area (Å²) in [6, 6.07) is 0. The summed E-state index contributed by atoms with van der Waals surface area (Å²) in [7, 11) is 0. The van der Waals surface area contributed by atoms with E-state index >= 15 is 0 Å². The summed E-state index contributed by atoms with van der Waals surface area (Å²) in [5.74, 6) is -0.927. The molecule has 0 aliphatic heterocycles. The standard InChI is InChI=1S/C11H19NO3S/c1-11(12-9(13)7-16-2)6-4-3-5-8(11)10(14)15/h8H,3-7H2,1-2H3,(H,12,13)(H,14,15). The monoisotopic (exact) mass is 245 g/mol. The second kappa shape index (κ2) is 5.57. The van der Waals surface area contributed by atoms with E-state index in [0.29, 0.717) is 12.2 Å². The van der Waals surface area contributed by atoms with Crippen molar-refractivity contribution in [3.8, 4) is 0 Å². The van der Waals surface area contributed by atoms with Gasteiger partial charge >= 0.3 is 5.97 Å². The Labute approximate surface area is 100 Å². The lowest BCUT2D eigenvalue weighted by atomic mass is 9.74. The number of nitrogens with one attached hydrogen (secondary N) is 1. The van der Waals surface area contributed by atoms with Crippen LogP contribution in [0, 0.1) is 5.92 Å². The molecule has 1 saturated carbocycles. The number of thioether (sulfide) groups is 1. The topological polar surface area (TPSA) is 66.4 Å². The van der Waals surface area contributed by atoms with Crippen LogP contribution in [-0.2, 0) is 9.59 Å². The molecule has 2 N–H and O–H groups in total. The molecule has 0 heterocycles. The van der Waals surface area contributed by atoms with Gasteiger partial charge in [-0.05, 0) is 26.0 Å². The van der Waals surface area contributed by atoms with Gasteiger partial charge in [-0.2, -0.15) is 11.8 Å². The van der Waals surface area contributed by atoms with Gasteiger partial charge in [-0.25, -0.2) is 0 Å². The van der Waals surface area contributed by atoms with Gasteiger partial charge in [0.2, 0.25) is 5.91 Å². The van der Waals surface area contributed by atoms with E-state index < -0.39 is 17.4 Å².